The predicted octanol–water partition coefficient (Wildman–Crippen LogP) is 1.29. The summed E-state index contributed by atoms with van der Waals surface area (Å²) >= 11 is 0. The van der Waals surface area contributed by atoms with Crippen LogP contribution >= 0.6 is 0 Å². The Balaban J connectivity index is 3.36. The van der Waals surface area contributed by atoms with Crippen LogP contribution in [-0.2, 0) is 0 Å². The molecular weight excluding hydrogens is 276 g/mol. The van der Waals surface area contributed by atoms with E-state index in [1.54, 1.807) is 18.7 Å². The summed E-state index contributed by atoms with van der Waals surface area (Å²) in [6.07, 6.45) is 0. The van der Waals surface area contributed by atoms with Crippen LogP contribution in [0.4, 0.5) is 11.4 Å². The highest BCUT2D eigenvalue weighted by atomic mass is 16.6. The molecule has 0 spiro atoms. The van der Waals surface area contributed by atoms with Crippen LogP contribution < -0.4 is 10.6 Å². The van der Waals surface area contributed by atoms with Crippen molar-refractivity contribution in [1.82, 2.24) is 0 Å². The summed E-state index contributed by atoms with van der Waals surface area (Å²) in [5.41, 5.74) is 5.30. The van der Waals surface area contributed by atoms with E-state index in [-0.39, 0.29) is 17.1 Å². The molecule has 0 saturated heterocycles. The number of oxime groups is 1. The summed E-state index contributed by atoms with van der Waals surface area (Å²) in [7, 11) is 0. The highest BCUT2D eigenvalue weighted by molar-refractivity contribution is 6.02. The third kappa shape index (κ3) is 4.32. The number of amidine groups is 1. The van der Waals surface area contributed by atoms with Crippen LogP contribution in [0.2, 0.25) is 0 Å². The number of non-ortho nitro benzene ring substituents is 1. The molecule has 0 bridgehead atoms. The summed E-state index contributed by atoms with van der Waals surface area (Å²) in [5, 5.41) is 32.6. The van der Waals surface area contributed by atoms with Gasteiger partial charge in [-0.15, -0.1) is 0 Å². The first-order chi connectivity index (χ1) is 9.69. The van der Waals surface area contributed by atoms with Gasteiger partial charge >= 0.3 is 0 Å². The molecule has 0 aliphatic rings. The number of rotatable bonds is 6. The van der Waals surface area contributed by atoms with Crippen LogP contribution in [0.5, 0.6) is 0 Å². The SMILES string of the molecule is CCN(CC(C)(C)O)c1ccc([N+](=O)[O-])cc1C(N)=NO. The van der Waals surface area contributed by atoms with Crippen LogP contribution in [0.1, 0.15) is 26.3 Å². The van der Waals surface area contributed by atoms with Gasteiger partial charge in [0.05, 0.1) is 16.1 Å². The molecule has 0 fully saturated rings. The maximum absolute atomic E-state index is 10.9. The minimum absolute atomic E-state index is 0.153. The number of anilines is 1. The Hall–Kier alpha value is -2.35. The number of hydrogen-bond donors (Lipinski definition) is 3. The summed E-state index contributed by atoms with van der Waals surface area (Å²) < 4.78 is 0. The number of aliphatic hydroxyl groups is 1. The van der Waals surface area contributed by atoms with Gasteiger partial charge in [0, 0.05) is 30.9 Å². The molecule has 21 heavy (non-hydrogen) atoms. The molecule has 0 amide bonds. The van der Waals surface area contributed by atoms with Crippen molar-refractivity contribution in [3.8, 4) is 0 Å². The van der Waals surface area contributed by atoms with Gasteiger partial charge in [-0.25, -0.2) is 0 Å². The van der Waals surface area contributed by atoms with Crippen molar-refractivity contribution in [2.75, 3.05) is 18.0 Å². The normalized spacial score (nSPS) is 12.3. The zero-order valence-electron chi connectivity index (χ0n) is 12.3. The lowest BCUT2D eigenvalue weighted by molar-refractivity contribution is -0.384. The molecule has 116 valence electrons. The fraction of sp³-hybridized carbons (Fsp3) is 0.462. The van der Waals surface area contributed by atoms with Gasteiger partial charge in [-0.2, -0.15) is 0 Å². The van der Waals surface area contributed by atoms with E-state index in [1.807, 2.05) is 6.92 Å². The average Bonchev–Trinajstić information content (AvgIpc) is 2.42. The van der Waals surface area contributed by atoms with E-state index in [0.29, 0.717) is 18.8 Å². The highest BCUT2D eigenvalue weighted by Gasteiger charge is 2.22. The van der Waals surface area contributed by atoms with E-state index in [9.17, 15) is 15.2 Å². The summed E-state index contributed by atoms with van der Waals surface area (Å²) in [4.78, 5) is 12.1. The Morgan fingerprint density at radius 1 is 1.52 bits per heavy atom. The van der Waals surface area contributed by atoms with Crippen LogP contribution in [-0.4, -0.2) is 39.8 Å². The van der Waals surface area contributed by atoms with Gasteiger partial charge < -0.3 is 20.9 Å². The lowest BCUT2D eigenvalue weighted by Gasteiger charge is -2.31. The number of benzene rings is 1. The van der Waals surface area contributed by atoms with Crippen molar-refractivity contribution >= 4 is 17.2 Å². The second kappa shape index (κ2) is 6.40. The highest BCUT2D eigenvalue weighted by Crippen LogP contribution is 2.26. The smallest absolute Gasteiger partial charge is 0.270 e. The van der Waals surface area contributed by atoms with Crippen LogP contribution in [0.3, 0.4) is 0 Å². The number of hydrogen-bond acceptors (Lipinski definition) is 6. The van der Waals surface area contributed by atoms with E-state index in [4.69, 9.17) is 10.9 Å². The number of nitrogens with two attached hydrogens (primary N) is 1. The minimum Gasteiger partial charge on any atom is -0.409 e. The van der Waals surface area contributed by atoms with E-state index in [0.717, 1.165) is 0 Å². The zero-order chi connectivity index (χ0) is 16.2. The topological polar surface area (TPSA) is 125 Å². The quantitative estimate of drug-likeness (QED) is 0.239. The Morgan fingerprint density at radius 3 is 2.57 bits per heavy atom. The minimum atomic E-state index is -0.958. The molecular formula is C13H20N4O4. The van der Waals surface area contributed by atoms with Crippen molar-refractivity contribution in [2.45, 2.75) is 26.4 Å². The lowest BCUT2D eigenvalue weighted by atomic mass is 10.1. The molecule has 8 heteroatoms. The molecule has 1 aromatic rings. The van der Waals surface area contributed by atoms with Gasteiger partial charge in [-0.3, -0.25) is 10.1 Å². The Labute approximate surface area is 122 Å². The monoisotopic (exact) mass is 296 g/mol. The first-order valence-electron chi connectivity index (χ1n) is 6.43. The molecule has 0 aromatic heterocycles. The van der Waals surface area contributed by atoms with Crippen molar-refractivity contribution < 1.29 is 15.2 Å². The summed E-state index contributed by atoms with van der Waals surface area (Å²) in [6, 6.07) is 4.12. The number of nitrogens with zero attached hydrogens (tertiary/aromatic N) is 3. The van der Waals surface area contributed by atoms with Crippen molar-refractivity contribution in [1.29, 1.82) is 0 Å². The Morgan fingerprint density at radius 2 is 2.14 bits per heavy atom. The molecule has 0 radical (unpaired) electrons. The van der Waals surface area contributed by atoms with Gasteiger partial charge in [0.1, 0.15) is 0 Å². The van der Waals surface area contributed by atoms with Crippen LogP contribution in [0.15, 0.2) is 23.4 Å². The second-order valence-electron chi connectivity index (χ2n) is 5.27. The molecule has 8 nitrogen and oxygen atoms in total. The van der Waals surface area contributed by atoms with Gasteiger partial charge in [0.25, 0.3) is 5.69 Å². The first kappa shape index (κ1) is 16.7. The fourth-order valence-electron chi connectivity index (χ4n) is 2.01. The van der Waals surface area contributed by atoms with E-state index < -0.39 is 10.5 Å². The molecule has 1 rings (SSSR count). The van der Waals surface area contributed by atoms with Crippen molar-refractivity contribution in [3.63, 3.8) is 0 Å². The van der Waals surface area contributed by atoms with E-state index in [1.165, 1.54) is 18.2 Å². The predicted molar refractivity (Wildman–Crippen MR) is 79.8 cm³/mol. The molecule has 0 atom stereocenters. The first-order valence-corrected chi connectivity index (χ1v) is 6.43. The number of likely N-dealkylation sites (N-methyl/N-ethyl adjacent to an activating group) is 1. The van der Waals surface area contributed by atoms with Crippen molar-refractivity contribution in [3.05, 3.63) is 33.9 Å². The van der Waals surface area contributed by atoms with Crippen LogP contribution in [0.25, 0.3) is 0 Å². The number of nitro benzene ring substituents is 1. The third-order valence-corrected chi connectivity index (χ3v) is 2.87. The Kier molecular flexibility index (Phi) is 5.09. The largest absolute Gasteiger partial charge is 0.409 e. The van der Waals surface area contributed by atoms with Gasteiger partial charge in [0.15, 0.2) is 5.84 Å². The standard InChI is InChI=1S/C13H20N4O4/c1-4-16(8-13(2,3)18)11-6-5-9(17(20)21)7-10(11)12(14)15-19/h5-7,18-19H,4,8H2,1-3H3,(H2,14,15). The maximum atomic E-state index is 10.9. The molecule has 0 unspecified atom stereocenters. The summed E-state index contributed by atoms with van der Waals surface area (Å²) in [5.74, 6) is -0.220. The van der Waals surface area contributed by atoms with Crippen molar-refractivity contribution in [2.24, 2.45) is 10.9 Å². The molecule has 1 aromatic carbocycles. The molecule has 0 saturated carbocycles. The Bertz CT molecular complexity index is 552. The summed E-state index contributed by atoms with van der Waals surface area (Å²) in [6.45, 7) is 6.04. The maximum Gasteiger partial charge on any atom is 0.270 e. The fourth-order valence-corrected chi connectivity index (χ4v) is 2.01. The third-order valence-electron chi connectivity index (χ3n) is 2.87. The second-order valence-corrected chi connectivity index (χ2v) is 5.27. The molecule has 0 heterocycles. The average molecular weight is 296 g/mol. The van der Waals surface area contributed by atoms with Gasteiger partial charge in [0.2, 0.25) is 0 Å². The zero-order valence-corrected chi connectivity index (χ0v) is 12.3. The van der Waals surface area contributed by atoms with E-state index in [2.05, 4.69) is 5.16 Å². The molecule has 0 aliphatic heterocycles. The number of nitro groups is 1. The van der Waals surface area contributed by atoms with Crippen LogP contribution in [0, 0.1) is 10.1 Å². The van der Waals surface area contributed by atoms with E-state index >= 15 is 0 Å². The van der Waals surface area contributed by atoms with Gasteiger partial charge in [-0.05, 0) is 26.8 Å². The van der Waals surface area contributed by atoms with Gasteiger partial charge in [-0.1, -0.05) is 5.16 Å². The lowest BCUT2D eigenvalue weighted by Crippen LogP contribution is -2.39. The molecule has 0 aliphatic carbocycles. The molecule has 4 N–H and O–H groups in total.